The maximum absolute atomic E-state index is 13.5. The van der Waals surface area contributed by atoms with Gasteiger partial charge in [0, 0.05) is 48.6 Å². The van der Waals surface area contributed by atoms with Crippen LogP contribution in [0.3, 0.4) is 0 Å². The molecule has 2 aromatic rings. The van der Waals surface area contributed by atoms with Crippen molar-refractivity contribution in [2.75, 3.05) is 50.0 Å². The molecule has 0 atom stereocenters. The summed E-state index contributed by atoms with van der Waals surface area (Å²) in [6.07, 6.45) is 0. The lowest BCUT2D eigenvalue weighted by atomic mass is 10.00. The van der Waals surface area contributed by atoms with Crippen LogP contribution in [0.5, 0.6) is 0 Å². The number of morpholine rings is 1. The molecular formula is C22H22FN3O3. The van der Waals surface area contributed by atoms with Crippen LogP contribution in [-0.2, 0) is 20.9 Å². The first-order chi connectivity index (χ1) is 14.2. The first-order valence-corrected chi connectivity index (χ1v) is 9.85. The number of carbonyl (C=O) groups excluding carboxylic acids is 1. The van der Waals surface area contributed by atoms with E-state index < -0.39 is 0 Å². The lowest BCUT2D eigenvalue weighted by molar-refractivity contribution is -0.110. The van der Waals surface area contributed by atoms with E-state index in [-0.39, 0.29) is 11.7 Å². The van der Waals surface area contributed by atoms with Crippen LogP contribution in [0.25, 0.3) is 11.3 Å². The number of hydrogen-bond donors (Lipinski definition) is 2. The van der Waals surface area contributed by atoms with Crippen LogP contribution in [0.2, 0.25) is 0 Å². The van der Waals surface area contributed by atoms with Gasteiger partial charge in [0.2, 0.25) is 0 Å². The van der Waals surface area contributed by atoms with Gasteiger partial charge in [0.15, 0.2) is 0 Å². The van der Waals surface area contributed by atoms with Crippen molar-refractivity contribution in [3.05, 3.63) is 58.9 Å². The monoisotopic (exact) mass is 395 g/mol. The van der Waals surface area contributed by atoms with Crippen molar-refractivity contribution in [1.82, 2.24) is 4.90 Å². The molecule has 1 saturated heterocycles. The van der Waals surface area contributed by atoms with E-state index in [0.717, 1.165) is 56.2 Å². The van der Waals surface area contributed by atoms with Crippen LogP contribution < -0.4 is 10.6 Å². The average molecular weight is 395 g/mol. The van der Waals surface area contributed by atoms with Crippen LogP contribution in [0.4, 0.5) is 15.8 Å². The summed E-state index contributed by atoms with van der Waals surface area (Å²) in [6, 6.07) is 10.4. The van der Waals surface area contributed by atoms with Crippen molar-refractivity contribution >= 4 is 28.6 Å². The van der Waals surface area contributed by atoms with E-state index in [4.69, 9.17) is 9.47 Å². The minimum Gasteiger partial charge on any atom is -0.487 e. The molecule has 0 spiro atoms. The van der Waals surface area contributed by atoms with Crippen LogP contribution in [0, 0.1) is 5.82 Å². The van der Waals surface area contributed by atoms with Crippen LogP contribution in [-0.4, -0.2) is 50.2 Å². The number of fused-ring (bicyclic) bond motifs is 2. The number of amides is 1. The second-order valence-electron chi connectivity index (χ2n) is 7.39. The maximum Gasteiger partial charge on any atom is 0.260 e. The van der Waals surface area contributed by atoms with Crippen LogP contribution in [0.15, 0.2) is 36.4 Å². The minimum absolute atomic E-state index is 0.263. The van der Waals surface area contributed by atoms with Crippen molar-refractivity contribution < 1.29 is 18.7 Å². The molecule has 6 nitrogen and oxygen atoms in total. The maximum atomic E-state index is 13.5. The van der Waals surface area contributed by atoms with E-state index in [9.17, 15) is 9.18 Å². The van der Waals surface area contributed by atoms with Gasteiger partial charge in [-0.1, -0.05) is 0 Å². The summed E-state index contributed by atoms with van der Waals surface area (Å²) in [5, 5.41) is 6.19. The predicted molar refractivity (Wildman–Crippen MR) is 109 cm³/mol. The molecule has 3 aliphatic heterocycles. The van der Waals surface area contributed by atoms with Crippen molar-refractivity contribution in [2.24, 2.45) is 0 Å². The van der Waals surface area contributed by atoms with Gasteiger partial charge < -0.3 is 20.1 Å². The molecule has 1 amide bonds. The zero-order valence-electron chi connectivity index (χ0n) is 16.0. The zero-order chi connectivity index (χ0) is 19.8. The quantitative estimate of drug-likeness (QED) is 0.780. The number of carbonyl (C=O) groups is 1. The Bertz CT molecular complexity index is 999. The third kappa shape index (κ3) is 3.47. The Kier molecular flexibility index (Phi) is 4.69. The summed E-state index contributed by atoms with van der Waals surface area (Å²) in [7, 11) is 0. The summed E-state index contributed by atoms with van der Waals surface area (Å²) >= 11 is 0. The normalized spacial score (nSPS) is 20.8. The third-order valence-corrected chi connectivity index (χ3v) is 5.54. The van der Waals surface area contributed by atoms with E-state index in [0.29, 0.717) is 29.2 Å². The molecule has 0 saturated carbocycles. The fourth-order valence-electron chi connectivity index (χ4n) is 4.03. The number of halogens is 1. The summed E-state index contributed by atoms with van der Waals surface area (Å²) in [5.74, 6) is -0.0836. The van der Waals surface area contributed by atoms with Crippen LogP contribution >= 0.6 is 0 Å². The highest BCUT2D eigenvalue weighted by molar-refractivity contribution is 6.36. The summed E-state index contributed by atoms with van der Waals surface area (Å²) in [5.41, 5.74) is 4.60. The van der Waals surface area contributed by atoms with E-state index in [1.54, 1.807) is 6.07 Å². The number of rotatable bonds is 4. The highest BCUT2D eigenvalue weighted by atomic mass is 19.1. The average Bonchev–Trinajstić information content (AvgIpc) is 3.27. The number of hydrogen-bond acceptors (Lipinski definition) is 5. The van der Waals surface area contributed by atoms with Gasteiger partial charge in [0.05, 0.1) is 24.5 Å². The summed E-state index contributed by atoms with van der Waals surface area (Å²) < 4.78 is 24.8. The van der Waals surface area contributed by atoms with Gasteiger partial charge in [-0.3, -0.25) is 9.69 Å². The third-order valence-electron chi connectivity index (χ3n) is 5.54. The van der Waals surface area contributed by atoms with Crippen molar-refractivity contribution in [3.63, 3.8) is 0 Å². The lowest BCUT2D eigenvalue weighted by Crippen LogP contribution is -2.39. The Hall–Kier alpha value is -2.90. The van der Waals surface area contributed by atoms with Crippen molar-refractivity contribution in [1.29, 1.82) is 0 Å². The second-order valence-corrected chi connectivity index (χ2v) is 7.39. The largest absolute Gasteiger partial charge is 0.487 e. The molecule has 0 aliphatic carbocycles. The fourth-order valence-corrected chi connectivity index (χ4v) is 4.03. The lowest BCUT2D eigenvalue weighted by Gasteiger charge is -2.26. The molecule has 5 rings (SSSR count). The Balaban J connectivity index is 1.35. The minimum atomic E-state index is -0.379. The van der Waals surface area contributed by atoms with E-state index in [2.05, 4.69) is 21.6 Å². The van der Waals surface area contributed by atoms with Gasteiger partial charge in [-0.25, -0.2) is 4.39 Å². The Morgan fingerprint density at radius 3 is 2.79 bits per heavy atom. The number of anilines is 2. The Morgan fingerprint density at radius 2 is 1.93 bits per heavy atom. The highest BCUT2D eigenvalue weighted by Crippen LogP contribution is 2.42. The van der Waals surface area contributed by atoms with Crippen LogP contribution in [0.1, 0.15) is 16.7 Å². The van der Waals surface area contributed by atoms with Crippen molar-refractivity contribution in [3.8, 4) is 0 Å². The van der Waals surface area contributed by atoms with E-state index in [1.165, 1.54) is 12.1 Å². The molecule has 1 fully saturated rings. The zero-order valence-corrected chi connectivity index (χ0v) is 16.0. The molecule has 29 heavy (non-hydrogen) atoms. The van der Waals surface area contributed by atoms with Crippen molar-refractivity contribution in [2.45, 2.75) is 6.61 Å². The Morgan fingerprint density at radius 1 is 1.10 bits per heavy atom. The molecule has 0 unspecified atom stereocenters. The first-order valence-electron chi connectivity index (χ1n) is 9.85. The highest BCUT2D eigenvalue weighted by Gasteiger charge is 2.32. The number of nitrogens with zero attached hydrogens (tertiary/aromatic N) is 1. The standard InChI is InChI=1S/C22H22FN3O3/c23-15-1-3-18-19(12-15)25-22(27)20(18)21-17-4-2-16(11-14(17)13-29-21)24-5-6-26-7-9-28-10-8-26/h1-4,11-12,24H,5-10,13H2,(H,25,27). The van der Waals surface area contributed by atoms with Gasteiger partial charge in [-0.2, -0.15) is 0 Å². The smallest absolute Gasteiger partial charge is 0.260 e. The number of ether oxygens (including phenoxy) is 2. The first kappa shape index (κ1) is 18.1. The molecule has 0 aromatic heterocycles. The number of benzene rings is 2. The fraction of sp³-hybridized carbons (Fsp3) is 0.318. The molecule has 0 bridgehead atoms. The summed E-state index contributed by atoms with van der Waals surface area (Å²) in [4.78, 5) is 14.9. The molecule has 3 aliphatic rings. The summed E-state index contributed by atoms with van der Waals surface area (Å²) in [6.45, 7) is 5.80. The number of nitrogens with one attached hydrogen (secondary N) is 2. The van der Waals surface area contributed by atoms with Gasteiger partial charge in [0.1, 0.15) is 18.2 Å². The molecule has 0 radical (unpaired) electrons. The molecule has 3 heterocycles. The van der Waals surface area contributed by atoms with E-state index >= 15 is 0 Å². The second kappa shape index (κ2) is 7.50. The van der Waals surface area contributed by atoms with Gasteiger partial charge in [-0.15, -0.1) is 0 Å². The van der Waals surface area contributed by atoms with Gasteiger partial charge >= 0.3 is 0 Å². The SMILES string of the molecule is O=C1Nc2cc(F)ccc2C1=C1OCc2cc(NCCN3CCOCC3)ccc21. The molecule has 7 heteroatoms. The van der Waals surface area contributed by atoms with E-state index in [1.807, 2.05) is 12.1 Å². The molecule has 2 N–H and O–H groups in total. The molecule has 2 aromatic carbocycles. The van der Waals surface area contributed by atoms with Gasteiger partial charge in [-0.05, 0) is 36.4 Å². The molecule has 150 valence electrons. The molecular weight excluding hydrogens is 373 g/mol. The Labute approximate surface area is 168 Å². The van der Waals surface area contributed by atoms with Gasteiger partial charge in [0.25, 0.3) is 5.91 Å². The predicted octanol–water partition coefficient (Wildman–Crippen LogP) is 2.92. The topological polar surface area (TPSA) is 62.8 Å².